The van der Waals surface area contributed by atoms with Gasteiger partial charge in [-0.25, -0.2) is 0 Å². The number of carbonyl (C=O) groups excluding carboxylic acids is 1. The number of rotatable bonds is 7. The van der Waals surface area contributed by atoms with Crippen molar-refractivity contribution in [3.63, 3.8) is 0 Å². The first-order valence-electron chi connectivity index (χ1n) is 9.47. The molecule has 1 atom stereocenters. The maximum atomic E-state index is 12.4. The van der Waals surface area contributed by atoms with E-state index in [0.29, 0.717) is 11.0 Å². The van der Waals surface area contributed by atoms with Crippen molar-refractivity contribution in [1.29, 1.82) is 0 Å². The summed E-state index contributed by atoms with van der Waals surface area (Å²) in [7, 11) is 1.89. The topological polar surface area (TPSA) is 69.0 Å². The second-order valence-electron chi connectivity index (χ2n) is 7.01. The number of nitrogens with one attached hydrogen (secondary N) is 1. The number of nitrogens with zero attached hydrogens (tertiary/aromatic N) is 3. The Morgan fingerprint density at radius 3 is 2.59 bits per heavy atom. The Morgan fingerprint density at radius 1 is 1.10 bits per heavy atom. The minimum Gasteiger partial charge on any atom is -0.482 e. The molecular formula is C22H26N4O2S. The van der Waals surface area contributed by atoms with Crippen molar-refractivity contribution in [3.8, 4) is 5.75 Å². The van der Waals surface area contributed by atoms with Gasteiger partial charge in [0.25, 0.3) is 0 Å². The highest BCUT2D eigenvalue weighted by Crippen LogP contribution is 2.26. The Labute approximate surface area is 175 Å². The predicted octanol–water partition coefficient (Wildman–Crippen LogP) is 4.61. The number of carbonyl (C=O) groups is 1. The minimum absolute atomic E-state index is 0.0718. The van der Waals surface area contributed by atoms with Crippen molar-refractivity contribution in [3.05, 3.63) is 65.0 Å². The molecule has 0 saturated carbocycles. The molecule has 0 fully saturated rings. The third-order valence-corrected chi connectivity index (χ3v) is 5.86. The zero-order chi connectivity index (χ0) is 21.0. The second-order valence-corrected chi connectivity index (χ2v) is 7.95. The van der Waals surface area contributed by atoms with Crippen LogP contribution in [0.5, 0.6) is 5.75 Å². The lowest BCUT2D eigenvalue weighted by atomic mass is 10.1. The zero-order valence-electron chi connectivity index (χ0n) is 17.4. The summed E-state index contributed by atoms with van der Waals surface area (Å²) in [5.41, 5.74) is 4.14. The minimum atomic E-state index is -0.258. The van der Waals surface area contributed by atoms with Crippen LogP contribution < -0.4 is 10.1 Å². The molecule has 0 aliphatic rings. The standard InChI is InChI=1S/C22H26N4O2S/c1-14-10-8-11-18(16(14)3)23-20(27)13-29-22-25-24-21(26(22)5)17(4)28-19-12-7-6-9-15(19)2/h6-12,17H,13H2,1-5H3,(H,23,27). The smallest absolute Gasteiger partial charge is 0.234 e. The van der Waals surface area contributed by atoms with E-state index in [-0.39, 0.29) is 17.8 Å². The third-order valence-electron chi connectivity index (χ3n) is 4.84. The highest BCUT2D eigenvalue weighted by Gasteiger charge is 2.18. The van der Waals surface area contributed by atoms with Gasteiger partial charge >= 0.3 is 0 Å². The number of aryl methyl sites for hydroxylation is 2. The summed E-state index contributed by atoms with van der Waals surface area (Å²) >= 11 is 1.35. The summed E-state index contributed by atoms with van der Waals surface area (Å²) < 4.78 is 7.92. The second kappa shape index (κ2) is 9.13. The molecule has 1 N–H and O–H groups in total. The largest absolute Gasteiger partial charge is 0.482 e. The molecule has 1 heterocycles. The molecule has 0 aliphatic heterocycles. The number of anilines is 1. The molecule has 2 aromatic carbocycles. The van der Waals surface area contributed by atoms with E-state index in [2.05, 4.69) is 15.5 Å². The maximum Gasteiger partial charge on any atom is 0.234 e. The van der Waals surface area contributed by atoms with Crippen LogP contribution >= 0.6 is 11.8 Å². The summed E-state index contributed by atoms with van der Waals surface area (Å²) in [6.07, 6.45) is -0.258. The van der Waals surface area contributed by atoms with Crippen LogP contribution in [0.2, 0.25) is 0 Å². The van der Waals surface area contributed by atoms with E-state index in [0.717, 1.165) is 28.1 Å². The van der Waals surface area contributed by atoms with Gasteiger partial charge in [0.05, 0.1) is 5.75 Å². The molecule has 0 bridgehead atoms. The van der Waals surface area contributed by atoms with Crippen LogP contribution in [-0.2, 0) is 11.8 Å². The van der Waals surface area contributed by atoms with Gasteiger partial charge in [-0.2, -0.15) is 0 Å². The number of thioether (sulfide) groups is 1. The van der Waals surface area contributed by atoms with Crippen LogP contribution in [0, 0.1) is 20.8 Å². The summed E-state index contributed by atoms with van der Waals surface area (Å²) in [6.45, 7) is 7.98. The molecule has 6 nitrogen and oxygen atoms in total. The fraction of sp³-hybridized carbons (Fsp3) is 0.318. The van der Waals surface area contributed by atoms with Gasteiger partial charge in [-0.15, -0.1) is 10.2 Å². The van der Waals surface area contributed by atoms with Crippen molar-refractivity contribution in [2.75, 3.05) is 11.1 Å². The van der Waals surface area contributed by atoms with Crippen molar-refractivity contribution >= 4 is 23.4 Å². The molecule has 152 valence electrons. The Bertz CT molecular complexity index is 1020. The summed E-state index contributed by atoms with van der Waals surface area (Å²) in [5, 5.41) is 12.1. The SMILES string of the molecule is Cc1ccccc1OC(C)c1nnc(SCC(=O)Nc2cccc(C)c2C)n1C. The normalized spacial score (nSPS) is 11.9. The highest BCUT2D eigenvalue weighted by molar-refractivity contribution is 7.99. The number of para-hydroxylation sites is 1. The molecule has 7 heteroatoms. The fourth-order valence-corrected chi connectivity index (χ4v) is 3.66. The van der Waals surface area contributed by atoms with Crippen LogP contribution in [0.4, 0.5) is 5.69 Å². The number of hydrogen-bond donors (Lipinski definition) is 1. The number of ether oxygens (including phenoxy) is 1. The first kappa shape index (κ1) is 20.9. The zero-order valence-corrected chi connectivity index (χ0v) is 18.2. The van der Waals surface area contributed by atoms with Crippen molar-refractivity contribution in [1.82, 2.24) is 14.8 Å². The van der Waals surface area contributed by atoms with Gasteiger partial charge in [-0.1, -0.05) is 42.1 Å². The number of aromatic nitrogens is 3. The summed E-state index contributed by atoms with van der Waals surface area (Å²) in [6, 6.07) is 13.8. The fourth-order valence-electron chi connectivity index (χ4n) is 2.94. The quantitative estimate of drug-likeness (QED) is 0.576. The lowest BCUT2D eigenvalue weighted by Gasteiger charge is -2.15. The van der Waals surface area contributed by atoms with Crippen LogP contribution in [0.1, 0.15) is 35.5 Å². The van der Waals surface area contributed by atoms with E-state index < -0.39 is 0 Å². The predicted molar refractivity (Wildman–Crippen MR) is 116 cm³/mol. The lowest BCUT2D eigenvalue weighted by molar-refractivity contribution is -0.113. The summed E-state index contributed by atoms with van der Waals surface area (Å²) in [5.74, 6) is 1.72. The molecule has 0 aliphatic carbocycles. The van der Waals surface area contributed by atoms with Crippen molar-refractivity contribution in [2.45, 2.75) is 39.0 Å². The molecular weight excluding hydrogens is 384 g/mol. The van der Waals surface area contributed by atoms with E-state index >= 15 is 0 Å². The van der Waals surface area contributed by atoms with Crippen molar-refractivity contribution in [2.24, 2.45) is 7.05 Å². The number of benzene rings is 2. The Hall–Kier alpha value is -2.80. The Balaban J connectivity index is 1.61. The van der Waals surface area contributed by atoms with Crippen LogP contribution in [-0.4, -0.2) is 26.4 Å². The highest BCUT2D eigenvalue weighted by atomic mass is 32.2. The van der Waals surface area contributed by atoms with Gasteiger partial charge in [0.1, 0.15) is 5.75 Å². The van der Waals surface area contributed by atoms with E-state index in [1.807, 2.05) is 81.8 Å². The van der Waals surface area contributed by atoms with E-state index in [9.17, 15) is 4.79 Å². The molecule has 3 rings (SSSR count). The van der Waals surface area contributed by atoms with E-state index in [1.165, 1.54) is 11.8 Å². The van der Waals surface area contributed by atoms with Gasteiger partial charge in [0.15, 0.2) is 17.1 Å². The molecule has 1 amide bonds. The molecule has 29 heavy (non-hydrogen) atoms. The average molecular weight is 411 g/mol. The third kappa shape index (κ3) is 4.98. The van der Waals surface area contributed by atoms with Gasteiger partial charge in [-0.05, 0) is 56.5 Å². The molecule has 0 saturated heterocycles. The monoisotopic (exact) mass is 410 g/mol. The van der Waals surface area contributed by atoms with Gasteiger partial charge in [0.2, 0.25) is 5.91 Å². The van der Waals surface area contributed by atoms with Crippen LogP contribution in [0.15, 0.2) is 47.6 Å². The molecule has 1 unspecified atom stereocenters. The first-order valence-corrected chi connectivity index (χ1v) is 10.5. The van der Waals surface area contributed by atoms with Gasteiger partial charge < -0.3 is 14.6 Å². The van der Waals surface area contributed by atoms with Gasteiger partial charge in [0, 0.05) is 12.7 Å². The van der Waals surface area contributed by atoms with Crippen molar-refractivity contribution < 1.29 is 9.53 Å². The number of amides is 1. The molecule has 0 radical (unpaired) electrons. The number of hydrogen-bond acceptors (Lipinski definition) is 5. The maximum absolute atomic E-state index is 12.4. The Morgan fingerprint density at radius 2 is 1.83 bits per heavy atom. The average Bonchev–Trinajstić information content (AvgIpc) is 3.06. The molecule has 3 aromatic rings. The van der Waals surface area contributed by atoms with E-state index in [1.54, 1.807) is 0 Å². The van der Waals surface area contributed by atoms with Crippen LogP contribution in [0.3, 0.4) is 0 Å². The van der Waals surface area contributed by atoms with E-state index in [4.69, 9.17) is 4.74 Å². The lowest BCUT2D eigenvalue weighted by Crippen LogP contribution is -2.15. The molecule has 0 spiro atoms. The molecule has 1 aromatic heterocycles. The summed E-state index contributed by atoms with van der Waals surface area (Å²) in [4.78, 5) is 12.4. The first-order chi connectivity index (χ1) is 13.9. The van der Waals surface area contributed by atoms with Gasteiger partial charge in [-0.3, -0.25) is 4.79 Å². The Kier molecular flexibility index (Phi) is 6.59. The van der Waals surface area contributed by atoms with Crippen LogP contribution in [0.25, 0.3) is 0 Å².